The first-order chi connectivity index (χ1) is 12.7. The molecule has 0 bridgehead atoms. The average Bonchev–Trinajstić information content (AvgIpc) is 3.21. The Labute approximate surface area is 151 Å². The highest BCUT2D eigenvalue weighted by Crippen LogP contribution is 2.24. The number of nitrogens with zero attached hydrogens (tertiary/aromatic N) is 5. The van der Waals surface area contributed by atoms with Crippen molar-refractivity contribution in [3.8, 4) is 0 Å². The zero-order chi connectivity index (χ0) is 18.1. The van der Waals surface area contributed by atoms with Crippen LogP contribution >= 0.6 is 0 Å². The molecule has 6 heteroatoms. The number of benzene rings is 1. The molecule has 6 nitrogen and oxygen atoms in total. The molecule has 1 N–H and O–H groups in total. The lowest BCUT2D eigenvalue weighted by Gasteiger charge is -2.11. The number of rotatable bonds is 5. The summed E-state index contributed by atoms with van der Waals surface area (Å²) in [5.41, 5.74) is 5.54. The van der Waals surface area contributed by atoms with Gasteiger partial charge in [0.15, 0.2) is 5.65 Å². The molecule has 130 valence electrons. The molecule has 3 heterocycles. The Bertz CT molecular complexity index is 1120. The van der Waals surface area contributed by atoms with Crippen LogP contribution in [0.1, 0.15) is 23.5 Å². The van der Waals surface area contributed by atoms with Gasteiger partial charge in [0.05, 0.1) is 22.4 Å². The van der Waals surface area contributed by atoms with Crippen LogP contribution in [0.5, 0.6) is 0 Å². The van der Waals surface area contributed by atoms with E-state index in [1.807, 2.05) is 35.6 Å². The van der Waals surface area contributed by atoms with Gasteiger partial charge in [-0.05, 0) is 30.7 Å². The molecule has 0 spiro atoms. The number of nitrogens with one attached hydrogen (secondary N) is 1. The Morgan fingerprint density at radius 1 is 1.12 bits per heavy atom. The summed E-state index contributed by atoms with van der Waals surface area (Å²) in [4.78, 5) is 4.02. The van der Waals surface area contributed by atoms with Gasteiger partial charge in [0.25, 0.3) is 0 Å². The summed E-state index contributed by atoms with van der Waals surface area (Å²) >= 11 is 0. The van der Waals surface area contributed by atoms with Crippen LogP contribution in [0, 0.1) is 12.3 Å². The molecule has 0 atom stereocenters. The van der Waals surface area contributed by atoms with E-state index in [9.17, 15) is 0 Å². The van der Waals surface area contributed by atoms with E-state index in [-0.39, 0.29) is 0 Å². The number of hydrogen-bond acceptors (Lipinski definition) is 4. The summed E-state index contributed by atoms with van der Waals surface area (Å²) in [6.45, 7) is 2.65. The molecule has 0 saturated carbocycles. The van der Waals surface area contributed by atoms with Crippen molar-refractivity contribution in [2.75, 3.05) is 7.05 Å². The van der Waals surface area contributed by atoms with Crippen molar-refractivity contribution in [1.82, 2.24) is 19.2 Å². The number of aryl methyl sites for hydroxylation is 1. The largest absolute Gasteiger partial charge is 0.334 e. The summed E-state index contributed by atoms with van der Waals surface area (Å²) in [5, 5.41) is 17.0. The van der Waals surface area contributed by atoms with Gasteiger partial charge in [0, 0.05) is 26.2 Å². The predicted molar refractivity (Wildman–Crippen MR) is 105 cm³/mol. The van der Waals surface area contributed by atoms with Crippen LogP contribution in [0.25, 0.3) is 16.7 Å². The molecule has 0 aliphatic rings. The second kappa shape index (κ2) is 6.55. The lowest BCUT2D eigenvalue weighted by Crippen LogP contribution is -2.10. The molecule has 0 amide bonds. The first kappa shape index (κ1) is 16.2. The fraction of sp³-hybridized carbons (Fsp3) is 0.200. The quantitative estimate of drug-likeness (QED) is 0.563. The van der Waals surface area contributed by atoms with Crippen LogP contribution in [0.4, 0.5) is 0 Å². The zero-order valence-corrected chi connectivity index (χ0v) is 14.8. The zero-order valence-electron chi connectivity index (χ0n) is 14.8. The fourth-order valence-corrected chi connectivity index (χ4v) is 3.32. The van der Waals surface area contributed by atoms with E-state index in [1.165, 1.54) is 5.56 Å². The minimum atomic E-state index is 0.506. The molecule has 4 aromatic rings. The van der Waals surface area contributed by atoms with E-state index >= 15 is 0 Å². The number of aromatic nitrogens is 4. The summed E-state index contributed by atoms with van der Waals surface area (Å²) in [7, 11) is 1.73. The first-order valence-corrected chi connectivity index (χ1v) is 8.55. The van der Waals surface area contributed by atoms with Crippen LogP contribution in [-0.2, 0) is 6.54 Å². The van der Waals surface area contributed by atoms with Gasteiger partial charge < -0.3 is 15.0 Å². The second-order valence-electron chi connectivity index (χ2n) is 6.27. The van der Waals surface area contributed by atoms with Gasteiger partial charge in [-0.25, -0.2) is 0 Å². The van der Waals surface area contributed by atoms with Gasteiger partial charge in [-0.2, -0.15) is 0 Å². The molecule has 4 rings (SSSR count). The summed E-state index contributed by atoms with van der Waals surface area (Å²) in [5.74, 6) is 0.843. The van der Waals surface area contributed by atoms with Crippen molar-refractivity contribution < 1.29 is 0 Å². The molecule has 0 aliphatic carbocycles. The molecule has 0 aliphatic heterocycles. The van der Waals surface area contributed by atoms with E-state index in [0.29, 0.717) is 18.7 Å². The fourth-order valence-electron chi connectivity index (χ4n) is 3.32. The van der Waals surface area contributed by atoms with Gasteiger partial charge in [-0.3, -0.25) is 4.40 Å². The highest BCUT2D eigenvalue weighted by molar-refractivity contribution is 6.07. The summed E-state index contributed by atoms with van der Waals surface area (Å²) in [6, 6.07) is 16.4. The van der Waals surface area contributed by atoms with Gasteiger partial charge in [-0.1, -0.05) is 30.3 Å². The van der Waals surface area contributed by atoms with E-state index in [4.69, 9.17) is 5.41 Å². The first-order valence-electron chi connectivity index (χ1n) is 8.55. The molecule has 0 saturated heterocycles. The molecular formula is C20H20N6. The van der Waals surface area contributed by atoms with Crippen molar-refractivity contribution in [3.63, 3.8) is 0 Å². The maximum atomic E-state index is 8.54. The number of fused-ring (bicyclic) bond motifs is 3. The molecule has 26 heavy (non-hydrogen) atoms. The standard InChI is InChI=1S/C20H20N6/c1-14-23-24-20-9-8-17-19(26(14)20)12-18(16(21)10-11-22-2)25(17)13-15-6-4-3-5-7-15/h3-9,11-12,21H,10,13H2,1-2H3. The molecule has 0 unspecified atom stereocenters. The van der Waals surface area contributed by atoms with Crippen LogP contribution in [0.2, 0.25) is 0 Å². The third kappa shape index (κ3) is 2.69. The van der Waals surface area contributed by atoms with Crippen LogP contribution in [0.3, 0.4) is 0 Å². The molecule has 0 radical (unpaired) electrons. The van der Waals surface area contributed by atoms with Gasteiger partial charge in [-0.15, -0.1) is 10.2 Å². The van der Waals surface area contributed by atoms with Crippen LogP contribution in [-0.4, -0.2) is 38.1 Å². The third-order valence-electron chi connectivity index (χ3n) is 4.57. The number of aliphatic imine (C=N–C) groups is 1. The average molecular weight is 344 g/mol. The van der Waals surface area contributed by atoms with Gasteiger partial charge in [0.2, 0.25) is 0 Å². The predicted octanol–water partition coefficient (Wildman–Crippen LogP) is 3.50. The monoisotopic (exact) mass is 344 g/mol. The normalized spacial score (nSPS) is 11.8. The smallest absolute Gasteiger partial charge is 0.161 e. The minimum Gasteiger partial charge on any atom is -0.334 e. The van der Waals surface area contributed by atoms with E-state index in [1.54, 1.807) is 13.3 Å². The lowest BCUT2D eigenvalue weighted by molar-refractivity contribution is 0.825. The van der Waals surface area contributed by atoms with E-state index in [0.717, 1.165) is 28.2 Å². The number of pyridine rings is 1. The van der Waals surface area contributed by atoms with E-state index < -0.39 is 0 Å². The summed E-state index contributed by atoms with van der Waals surface area (Å²) < 4.78 is 4.23. The molecule has 1 aromatic carbocycles. The highest BCUT2D eigenvalue weighted by Gasteiger charge is 2.16. The van der Waals surface area contributed by atoms with Crippen molar-refractivity contribution in [2.45, 2.75) is 19.9 Å². The molecule has 0 fully saturated rings. The van der Waals surface area contributed by atoms with E-state index in [2.05, 4.69) is 44.0 Å². The Morgan fingerprint density at radius 3 is 2.69 bits per heavy atom. The maximum absolute atomic E-state index is 8.54. The summed E-state index contributed by atoms with van der Waals surface area (Å²) in [6.07, 6.45) is 2.28. The topological polar surface area (TPSA) is 71.3 Å². The number of hydrogen-bond donors (Lipinski definition) is 1. The Morgan fingerprint density at radius 2 is 1.92 bits per heavy atom. The minimum absolute atomic E-state index is 0.506. The lowest BCUT2D eigenvalue weighted by atomic mass is 10.2. The van der Waals surface area contributed by atoms with Gasteiger partial charge in [0.1, 0.15) is 5.82 Å². The third-order valence-corrected chi connectivity index (χ3v) is 4.57. The Hall–Kier alpha value is -3.28. The van der Waals surface area contributed by atoms with Crippen molar-refractivity contribution in [1.29, 1.82) is 5.41 Å². The Balaban J connectivity index is 1.94. The molecule has 3 aromatic heterocycles. The Kier molecular flexibility index (Phi) is 4.08. The molecular weight excluding hydrogens is 324 g/mol. The van der Waals surface area contributed by atoms with Gasteiger partial charge >= 0.3 is 0 Å². The SMILES string of the molecule is CN=CCC(=N)c1cc2c(ccc3nnc(C)n32)n1Cc1ccccc1. The van der Waals surface area contributed by atoms with Crippen LogP contribution in [0.15, 0.2) is 53.5 Å². The highest BCUT2D eigenvalue weighted by atomic mass is 15.2. The maximum Gasteiger partial charge on any atom is 0.161 e. The van der Waals surface area contributed by atoms with Crippen LogP contribution < -0.4 is 0 Å². The second-order valence-corrected chi connectivity index (χ2v) is 6.27. The van der Waals surface area contributed by atoms with Crippen molar-refractivity contribution in [3.05, 3.63) is 65.6 Å². The van der Waals surface area contributed by atoms with Crippen molar-refractivity contribution >= 4 is 28.6 Å². The van der Waals surface area contributed by atoms with Crippen molar-refractivity contribution in [2.24, 2.45) is 4.99 Å².